The molecule has 1 unspecified atom stereocenters. The second kappa shape index (κ2) is 14.1. The van der Waals surface area contributed by atoms with Crippen LogP contribution in [0.25, 0.3) is 0 Å². The Morgan fingerprint density at radius 3 is 1.91 bits per heavy atom. The lowest BCUT2D eigenvalue weighted by Gasteiger charge is -2.32. The van der Waals surface area contributed by atoms with Crippen molar-refractivity contribution in [1.82, 2.24) is 15.5 Å². The zero-order chi connectivity index (χ0) is 32.1. The van der Waals surface area contributed by atoms with Crippen molar-refractivity contribution < 1.29 is 28.3 Å². The fourth-order valence-electron chi connectivity index (χ4n) is 5.51. The van der Waals surface area contributed by atoms with E-state index >= 15 is 0 Å². The number of nitrogens with zero attached hydrogens (tertiary/aromatic N) is 1. The number of likely N-dealkylation sites (tertiary alicyclic amines) is 1. The number of aliphatic hydroxyl groups excluding tert-OH is 1. The van der Waals surface area contributed by atoms with Gasteiger partial charge >= 0.3 is 0 Å². The summed E-state index contributed by atoms with van der Waals surface area (Å²) in [6, 6.07) is 14.6. The third kappa shape index (κ3) is 7.31. The minimum absolute atomic E-state index is 0.0256. The Hall–Kier alpha value is -4.15. The number of aliphatic hydroxyl groups is 1. The number of halogens is 2. The number of rotatable bonds is 10. The lowest BCUT2D eigenvalue weighted by Crippen LogP contribution is -2.58. The Morgan fingerprint density at radius 1 is 0.909 bits per heavy atom. The first-order chi connectivity index (χ1) is 20.9. The number of nitrogens with one attached hydrogen (secondary N) is 2. The lowest BCUT2D eigenvalue weighted by atomic mass is 9.92. The normalized spacial score (nSPS) is 19.6. The summed E-state index contributed by atoms with van der Waals surface area (Å²) in [6.07, 6.45) is -0.910. The van der Waals surface area contributed by atoms with Crippen LogP contribution in [-0.4, -0.2) is 58.5 Å². The van der Waals surface area contributed by atoms with Crippen LogP contribution in [0.5, 0.6) is 0 Å². The van der Waals surface area contributed by atoms with Gasteiger partial charge in [0.25, 0.3) is 0 Å². The molecule has 0 bridgehead atoms. The number of aryl methyl sites for hydroxylation is 1. The molecule has 8 nitrogen and oxygen atoms in total. The van der Waals surface area contributed by atoms with Crippen molar-refractivity contribution in [3.8, 4) is 0 Å². The van der Waals surface area contributed by atoms with Crippen molar-refractivity contribution in [1.29, 1.82) is 0 Å². The average Bonchev–Trinajstić information content (AvgIpc) is 3.35. The molecule has 1 saturated heterocycles. The van der Waals surface area contributed by atoms with Crippen LogP contribution in [-0.2, 0) is 14.4 Å². The molecule has 1 heterocycles. The molecule has 1 aliphatic rings. The molecule has 234 valence electrons. The minimum Gasteiger partial charge on any atom is -0.390 e. The fourth-order valence-corrected chi connectivity index (χ4v) is 5.51. The highest BCUT2D eigenvalue weighted by Crippen LogP contribution is 2.34. The van der Waals surface area contributed by atoms with Crippen molar-refractivity contribution in [2.24, 2.45) is 11.7 Å². The zero-order valence-electron chi connectivity index (χ0n) is 25.3. The molecule has 3 amide bonds. The van der Waals surface area contributed by atoms with Gasteiger partial charge in [-0.2, -0.15) is 0 Å². The molecule has 1 aliphatic heterocycles. The van der Waals surface area contributed by atoms with Crippen LogP contribution >= 0.6 is 0 Å². The Bertz CT molecular complexity index is 1400. The SMILES string of the molecule is CC[C@H](N)C(=O)N[C@H](C(=O)N1CC(c2ccc(C)cc2)[C@@H](O)[C@H]1C(=O)NC(c1ccc(F)cc1)c1ccc(F)cc1)C(C)C. The van der Waals surface area contributed by atoms with Gasteiger partial charge in [-0.25, -0.2) is 8.78 Å². The van der Waals surface area contributed by atoms with Crippen LogP contribution in [0.3, 0.4) is 0 Å². The molecule has 3 aromatic carbocycles. The number of amides is 3. The van der Waals surface area contributed by atoms with Crippen LogP contribution in [0.1, 0.15) is 61.4 Å². The van der Waals surface area contributed by atoms with Crippen LogP contribution in [0, 0.1) is 24.5 Å². The Labute approximate surface area is 256 Å². The van der Waals surface area contributed by atoms with Crippen LogP contribution in [0.2, 0.25) is 0 Å². The number of carbonyl (C=O) groups excluding carboxylic acids is 3. The average molecular weight is 607 g/mol. The molecule has 0 radical (unpaired) electrons. The predicted molar refractivity (Wildman–Crippen MR) is 163 cm³/mol. The molecule has 0 aliphatic carbocycles. The predicted octanol–water partition coefficient (Wildman–Crippen LogP) is 3.71. The van der Waals surface area contributed by atoms with E-state index in [0.29, 0.717) is 17.5 Å². The Balaban J connectivity index is 1.72. The number of hydrogen-bond acceptors (Lipinski definition) is 5. The molecule has 44 heavy (non-hydrogen) atoms. The molecule has 0 aromatic heterocycles. The summed E-state index contributed by atoms with van der Waals surface area (Å²) in [5.41, 5.74) is 8.73. The van der Waals surface area contributed by atoms with Gasteiger partial charge in [0, 0.05) is 12.5 Å². The van der Waals surface area contributed by atoms with Gasteiger partial charge in [0.15, 0.2) is 0 Å². The molecule has 1 fully saturated rings. The van der Waals surface area contributed by atoms with Crippen LogP contribution in [0.15, 0.2) is 72.8 Å². The van der Waals surface area contributed by atoms with E-state index in [0.717, 1.165) is 11.1 Å². The van der Waals surface area contributed by atoms with E-state index in [4.69, 9.17) is 5.73 Å². The van der Waals surface area contributed by atoms with Gasteiger partial charge in [-0.1, -0.05) is 74.9 Å². The lowest BCUT2D eigenvalue weighted by molar-refractivity contribution is -0.144. The molecule has 4 rings (SSSR count). The summed E-state index contributed by atoms with van der Waals surface area (Å²) < 4.78 is 27.6. The van der Waals surface area contributed by atoms with Gasteiger partial charge in [0.05, 0.1) is 18.2 Å². The first-order valence-electron chi connectivity index (χ1n) is 14.8. The molecule has 3 aromatic rings. The van der Waals surface area contributed by atoms with Crippen molar-refractivity contribution in [3.05, 3.63) is 107 Å². The van der Waals surface area contributed by atoms with E-state index in [9.17, 15) is 28.3 Å². The highest BCUT2D eigenvalue weighted by molar-refractivity contribution is 5.94. The summed E-state index contributed by atoms with van der Waals surface area (Å²) in [5, 5.41) is 17.3. The maximum atomic E-state index is 14.1. The number of benzene rings is 3. The van der Waals surface area contributed by atoms with E-state index in [-0.39, 0.29) is 12.5 Å². The molecule has 5 atom stereocenters. The van der Waals surface area contributed by atoms with Gasteiger partial charge in [-0.15, -0.1) is 0 Å². The smallest absolute Gasteiger partial charge is 0.246 e. The molecule has 10 heteroatoms. The molecular weight excluding hydrogens is 566 g/mol. The maximum absolute atomic E-state index is 14.1. The summed E-state index contributed by atoms with van der Waals surface area (Å²) >= 11 is 0. The second-order valence-electron chi connectivity index (χ2n) is 11.7. The van der Waals surface area contributed by atoms with Crippen molar-refractivity contribution >= 4 is 17.7 Å². The topological polar surface area (TPSA) is 125 Å². The zero-order valence-corrected chi connectivity index (χ0v) is 25.3. The van der Waals surface area contributed by atoms with E-state index in [1.165, 1.54) is 53.4 Å². The molecule has 0 saturated carbocycles. The van der Waals surface area contributed by atoms with Crippen molar-refractivity contribution in [2.75, 3.05) is 6.54 Å². The number of carbonyl (C=O) groups is 3. The Kier molecular flexibility index (Phi) is 10.5. The summed E-state index contributed by atoms with van der Waals surface area (Å²) in [4.78, 5) is 42.3. The van der Waals surface area contributed by atoms with E-state index in [2.05, 4.69) is 10.6 Å². The van der Waals surface area contributed by atoms with Crippen LogP contribution in [0.4, 0.5) is 8.78 Å². The molecule has 5 N–H and O–H groups in total. The largest absolute Gasteiger partial charge is 0.390 e. The third-order valence-corrected chi connectivity index (χ3v) is 8.22. The first kappa shape index (κ1) is 32.8. The monoisotopic (exact) mass is 606 g/mol. The second-order valence-corrected chi connectivity index (χ2v) is 11.7. The Morgan fingerprint density at radius 2 is 1.43 bits per heavy atom. The van der Waals surface area contributed by atoms with Gasteiger partial charge < -0.3 is 26.4 Å². The molecular formula is C34H40F2N4O4. The number of hydrogen-bond donors (Lipinski definition) is 4. The highest BCUT2D eigenvalue weighted by Gasteiger charge is 2.49. The fraction of sp³-hybridized carbons (Fsp3) is 0.382. The third-order valence-electron chi connectivity index (χ3n) is 8.22. The summed E-state index contributed by atoms with van der Waals surface area (Å²) in [5.74, 6) is -3.53. The molecule has 0 spiro atoms. The van der Waals surface area contributed by atoms with E-state index in [1.54, 1.807) is 20.8 Å². The van der Waals surface area contributed by atoms with E-state index in [1.807, 2.05) is 31.2 Å². The van der Waals surface area contributed by atoms with E-state index < -0.39 is 65.5 Å². The summed E-state index contributed by atoms with van der Waals surface area (Å²) in [6.45, 7) is 7.27. The van der Waals surface area contributed by atoms with Gasteiger partial charge in [0.2, 0.25) is 17.7 Å². The van der Waals surface area contributed by atoms with Crippen LogP contribution < -0.4 is 16.4 Å². The number of nitrogens with two attached hydrogens (primary N) is 1. The van der Waals surface area contributed by atoms with Crippen molar-refractivity contribution in [3.63, 3.8) is 0 Å². The van der Waals surface area contributed by atoms with Gasteiger partial charge in [-0.3, -0.25) is 14.4 Å². The highest BCUT2D eigenvalue weighted by atomic mass is 19.1. The van der Waals surface area contributed by atoms with Gasteiger partial charge in [0.1, 0.15) is 23.7 Å². The quantitative estimate of drug-likeness (QED) is 0.280. The van der Waals surface area contributed by atoms with Crippen molar-refractivity contribution in [2.45, 2.75) is 70.3 Å². The van der Waals surface area contributed by atoms with Gasteiger partial charge in [-0.05, 0) is 60.2 Å². The first-order valence-corrected chi connectivity index (χ1v) is 14.8. The maximum Gasteiger partial charge on any atom is 0.246 e. The minimum atomic E-state index is -1.32. The standard InChI is InChI=1S/C34H40F2N4O4/c1-5-27(37)32(42)38-28(19(2)3)34(44)40-18-26(21-8-6-20(4)7-9-21)31(41)30(40)33(43)39-29(22-10-14-24(35)15-11-22)23-12-16-25(36)17-13-23/h6-17,19,26-31,41H,5,18,37H2,1-4H3,(H,38,42)(H,39,43)/t26?,27-,28-,30-,31+/m0/s1. The summed E-state index contributed by atoms with van der Waals surface area (Å²) in [7, 11) is 0.